The first-order valence-electron chi connectivity index (χ1n) is 6.95. The van der Waals surface area contributed by atoms with Gasteiger partial charge in [0.05, 0.1) is 16.2 Å². The molecule has 0 fully saturated rings. The van der Waals surface area contributed by atoms with Gasteiger partial charge in [-0.25, -0.2) is 4.68 Å². The second-order valence-corrected chi connectivity index (χ2v) is 5.78. The molecule has 8 heteroatoms. The number of halogens is 1. The molecule has 0 unspecified atom stereocenters. The molecule has 1 aromatic carbocycles. The minimum Gasteiger partial charge on any atom is -0.354 e. The second kappa shape index (κ2) is 6.69. The molecular formula is C14H15BrN6O. The number of carbonyl (C=O) groups excluding carboxylic acids is 1. The monoisotopic (exact) mass is 362 g/mol. The molecule has 0 saturated carbocycles. The molecule has 1 amide bonds. The zero-order valence-electron chi connectivity index (χ0n) is 11.8. The van der Waals surface area contributed by atoms with E-state index in [9.17, 15) is 4.79 Å². The minimum absolute atomic E-state index is 0.0719. The second-order valence-electron chi connectivity index (χ2n) is 4.86. The number of para-hydroxylation sites is 1. The van der Waals surface area contributed by atoms with Crippen LogP contribution in [-0.4, -0.2) is 37.2 Å². The summed E-state index contributed by atoms with van der Waals surface area (Å²) in [4.78, 5) is 11.9. The van der Waals surface area contributed by atoms with E-state index in [0.29, 0.717) is 6.54 Å². The Hall–Kier alpha value is -2.22. The molecule has 0 atom stereocenters. The van der Waals surface area contributed by atoms with Crippen LogP contribution in [0.2, 0.25) is 0 Å². The van der Waals surface area contributed by atoms with Crippen LogP contribution < -0.4 is 5.32 Å². The third-order valence-corrected chi connectivity index (χ3v) is 3.61. The van der Waals surface area contributed by atoms with Gasteiger partial charge < -0.3 is 5.32 Å². The van der Waals surface area contributed by atoms with E-state index in [1.165, 1.54) is 0 Å². The topological polar surface area (TPSA) is 77.6 Å². The average molecular weight is 363 g/mol. The summed E-state index contributed by atoms with van der Waals surface area (Å²) in [6, 6.07) is 7.58. The zero-order valence-corrected chi connectivity index (χ0v) is 13.4. The predicted octanol–water partition coefficient (Wildman–Crippen LogP) is 1.60. The highest BCUT2D eigenvalue weighted by Gasteiger charge is 2.07. The van der Waals surface area contributed by atoms with E-state index < -0.39 is 0 Å². The first-order chi connectivity index (χ1) is 10.7. The summed E-state index contributed by atoms with van der Waals surface area (Å²) in [5.74, 6) is -0.0719. The van der Waals surface area contributed by atoms with Crippen LogP contribution in [-0.2, 0) is 17.9 Å². The fraction of sp³-hybridized carbons (Fsp3) is 0.286. The summed E-state index contributed by atoms with van der Waals surface area (Å²) < 4.78 is 4.39. The van der Waals surface area contributed by atoms with Crippen LogP contribution in [0.1, 0.15) is 6.42 Å². The normalized spacial score (nSPS) is 11.0. The van der Waals surface area contributed by atoms with E-state index in [1.807, 2.05) is 35.1 Å². The van der Waals surface area contributed by atoms with Crippen molar-refractivity contribution in [3.63, 3.8) is 0 Å². The number of hydrogen-bond donors (Lipinski definition) is 1. The number of fused-ring (bicyclic) bond motifs is 1. The fourth-order valence-electron chi connectivity index (χ4n) is 2.16. The molecule has 2 heterocycles. The number of hydrogen-bond acceptors (Lipinski definition) is 4. The maximum atomic E-state index is 11.9. The van der Waals surface area contributed by atoms with Gasteiger partial charge in [-0.15, -0.1) is 5.10 Å². The predicted molar refractivity (Wildman–Crippen MR) is 85.1 cm³/mol. The molecule has 0 aliphatic heterocycles. The summed E-state index contributed by atoms with van der Waals surface area (Å²) in [6.07, 6.45) is 4.47. The van der Waals surface area contributed by atoms with Crippen LogP contribution in [0.3, 0.4) is 0 Å². The molecule has 2 aromatic heterocycles. The summed E-state index contributed by atoms with van der Waals surface area (Å²) in [6.45, 7) is 1.54. The van der Waals surface area contributed by atoms with E-state index in [2.05, 4.69) is 36.7 Å². The van der Waals surface area contributed by atoms with Gasteiger partial charge in [0, 0.05) is 19.3 Å². The Bertz CT molecular complexity index is 780. The molecule has 0 spiro atoms. The van der Waals surface area contributed by atoms with Crippen LogP contribution in [0, 0.1) is 0 Å². The van der Waals surface area contributed by atoms with Crippen LogP contribution in [0.5, 0.6) is 0 Å². The number of aromatic nitrogens is 5. The maximum Gasteiger partial charge on any atom is 0.241 e. The number of nitrogens with one attached hydrogen (secondary N) is 1. The molecular weight excluding hydrogens is 348 g/mol. The smallest absolute Gasteiger partial charge is 0.241 e. The van der Waals surface area contributed by atoms with Gasteiger partial charge in [-0.05, 0) is 34.5 Å². The molecule has 0 bridgehead atoms. The Morgan fingerprint density at radius 2 is 2.18 bits per heavy atom. The van der Waals surface area contributed by atoms with E-state index in [1.54, 1.807) is 10.9 Å². The van der Waals surface area contributed by atoms with Crippen molar-refractivity contribution in [1.82, 2.24) is 30.1 Å². The lowest BCUT2D eigenvalue weighted by atomic mass is 10.3. The summed E-state index contributed by atoms with van der Waals surface area (Å²) >= 11 is 3.35. The molecule has 114 valence electrons. The lowest BCUT2D eigenvalue weighted by Gasteiger charge is -2.06. The highest BCUT2D eigenvalue weighted by molar-refractivity contribution is 9.10. The quantitative estimate of drug-likeness (QED) is 0.675. The van der Waals surface area contributed by atoms with Crippen molar-refractivity contribution < 1.29 is 4.79 Å². The van der Waals surface area contributed by atoms with Crippen molar-refractivity contribution in [2.45, 2.75) is 19.5 Å². The van der Waals surface area contributed by atoms with Gasteiger partial charge in [-0.1, -0.05) is 17.3 Å². The Labute approximate surface area is 135 Å². The van der Waals surface area contributed by atoms with Crippen LogP contribution >= 0.6 is 15.9 Å². The number of benzene rings is 1. The summed E-state index contributed by atoms with van der Waals surface area (Å²) in [5.41, 5.74) is 1.65. The highest BCUT2D eigenvalue weighted by atomic mass is 79.9. The van der Waals surface area contributed by atoms with Crippen LogP contribution in [0.15, 0.2) is 41.1 Å². The molecule has 1 N–H and O–H groups in total. The lowest BCUT2D eigenvalue weighted by molar-refractivity contribution is -0.121. The molecule has 7 nitrogen and oxygen atoms in total. The van der Waals surface area contributed by atoms with Gasteiger partial charge in [-0.2, -0.15) is 5.10 Å². The van der Waals surface area contributed by atoms with E-state index in [4.69, 9.17) is 0 Å². The molecule has 0 aliphatic carbocycles. The number of amides is 1. The third kappa shape index (κ3) is 3.51. The molecule has 22 heavy (non-hydrogen) atoms. The fourth-order valence-corrected chi connectivity index (χ4v) is 2.48. The zero-order chi connectivity index (χ0) is 15.4. The average Bonchev–Trinajstić information content (AvgIpc) is 3.11. The number of nitrogens with zero attached hydrogens (tertiary/aromatic N) is 5. The van der Waals surface area contributed by atoms with Gasteiger partial charge in [0.1, 0.15) is 12.1 Å². The van der Waals surface area contributed by atoms with Crippen molar-refractivity contribution in [3.05, 3.63) is 41.1 Å². The van der Waals surface area contributed by atoms with E-state index in [-0.39, 0.29) is 12.5 Å². The maximum absolute atomic E-state index is 11.9. The summed E-state index contributed by atoms with van der Waals surface area (Å²) in [5, 5.41) is 15.1. The van der Waals surface area contributed by atoms with E-state index >= 15 is 0 Å². The Kier molecular flexibility index (Phi) is 4.47. The van der Waals surface area contributed by atoms with Crippen molar-refractivity contribution in [3.8, 4) is 0 Å². The van der Waals surface area contributed by atoms with Gasteiger partial charge in [0.25, 0.3) is 0 Å². The van der Waals surface area contributed by atoms with Gasteiger partial charge in [0.15, 0.2) is 0 Å². The van der Waals surface area contributed by atoms with Crippen molar-refractivity contribution in [2.75, 3.05) is 6.54 Å². The van der Waals surface area contributed by atoms with Crippen LogP contribution in [0.4, 0.5) is 0 Å². The van der Waals surface area contributed by atoms with Crippen molar-refractivity contribution in [1.29, 1.82) is 0 Å². The molecule has 0 aliphatic rings. The lowest BCUT2D eigenvalue weighted by Crippen LogP contribution is -2.29. The first-order valence-corrected chi connectivity index (χ1v) is 7.74. The van der Waals surface area contributed by atoms with E-state index in [0.717, 1.165) is 28.5 Å². The summed E-state index contributed by atoms with van der Waals surface area (Å²) in [7, 11) is 0. The number of aryl methyl sites for hydroxylation is 1. The molecule has 0 radical (unpaired) electrons. The van der Waals surface area contributed by atoms with Crippen molar-refractivity contribution in [2.24, 2.45) is 0 Å². The van der Waals surface area contributed by atoms with Gasteiger partial charge >= 0.3 is 0 Å². The first kappa shape index (κ1) is 14.7. The minimum atomic E-state index is -0.0719. The Balaban J connectivity index is 1.46. The highest BCUT2D eigenvalue weighted by Crippen LogP contribution is 2.09. The van der Waals surface area contributed by atoms with Gasteiger partial charge in [0.2, 0.25) is 5.91 Å². The van der Waals surface area contributed by atoms with Crippen LogP contribution in [0.25, 0.3) is 11.0 Å². The molecule has 0 saturated heterocycles. The number of rotatable bonds is 6. The van der Waals surface area contributed by atoms with Crippen molar-refractivity contribution >= 4 is 32.9 Å². The standard InChI is InChI=1S/C14H15BrN6O/c15-11-8-17-20(9-11)7-3-6-16-14(22)10-21-13-5-2-1-4-12(13)18-19-21/h1-2,4-5,8-9H,3,6-7,10H2,(H,16,22). The largest absolute Gasteiger partial charge is 0.354 e. The Morgan fingerprint density at radius 1 is 1.32 bits per heavy atom. The Morgan fingerprint density at radius 3 is 3.00 bits per heavy atom. The molecule has 3 rings (SSSR count). The number of carbonyl (C=O) groups is 1. The molecule has 3 aromatic rings. The van der Waals surface area contributed by atoms with Gasteiger partial charge in [-0.3, -0.25) is 9.48 Å². The SMILES string of the molecule is O=C(Cn1nnc2ccccc21)NCCCn1cc(Br)cn1. The third-order valence-electron chi connectivity index (χ3n) is 3.20.